The highest BCUT2D eigenvalue weighted by molar-refractivity contribution is 7.99. The van der Waals surface area contributed by atoms with Gasteiger partial charge in [0, 0.05) is 24.6 Å². The normalized spacial score (nSPS) is 14.4. The number of hydrogen-bond donors (Lipinski definition) is 0. The number of amides is 2. The predicted octanol–water partition coefficient (Wildman–Crippen LogP) is 1.58. The Balaban J connectivity index is 1.87. The first-order valence-corrected chi connectivity index (χ1v) is 7.44. The van der Waals surface area contributed by atoms with E-state index >= 15 is 0 Å². The summed E-state index contributed by atoms with van der Waals surface area (Å²) < 4.78 is 0. The molecule has 2 rings (SSSR count). The van der Waals surface area contributed by atoms with Crippen LogP contribution in [0.3, 0.4) is 0 Å². The highest BCUT2D eigenvalue weighted by atomic mass is 32.2. The summed E-state index contributed by atoms with van der Waals surface area (Å²) in [4.78, 5) is 27.6. The Hall–Kier alpha value is -1.33. The molecule has 1 aliphatic rings. The third-order valence-corrected chi connectivity index (χ3v) is 3.96. The van der Waals surface area contributed by atoms with E-state index in [4.69, 9.17) is 0 Å². The minimum absolute atomic E-state index is 0.159. The zero-order chi connectivity index (χ0) is 13.8. The van der Waals surface area contributed by atoms with Gasteiger partial charge in [-0.2, -0.15) is 11.8 Å². The molecule has 1 heterocycles. The second-order valence-corrected chi connectivity index (χ2v) is 5.95. The van der Waals surface area contributed by atoms with Crippen molar-refractivity contribution in [3.05, 3.63) is 35.4 Å². The maximum absolute atomic E-state index is 12.1. The average molecular weight is 278 g/mol. The number of thioether (sulfide) groups is 1. The number of nitrogens with zero attached hydrogens (tertiary/aromatic N) is 2. The van der Waals surface area contributed by atoms with Crippen molar-refractivity contribution in [2.75, 3.05) is 38.7 Å². The van der Waals surface area contributed by atoms with E-state index in [1.165, 1.54) is 4.90 Å². The summed E-state index contributed by atoms with van der Waals surface area (Å²) >= 11 is 1.76. The quantitative estimate of drug-likeness (QED) is 0.585. The molecular weight excluding hydrogens is 260 g/mol. The molecule has 1 aliphatic heterocycles. The van der Waals surface area contributed by atoms with Crippen molar-refractivity contribution in [3.63, 3.8) is 0 Å². The fraction of sp³-hybridized carbons (Fsp3) is 0.429. The number of benzene rings is 1. The summed E-state index contributed by atoms with van der Waals surface area (Å²) in [6.07, 6.45) is 0. The topological polar surface area (TPSA) is 40.6 Å². The van der Waals surface area contributed by atoms with Gasteiger partial charge in [0.15, 0.2) is 0 Å². The van der Waals surface area contributed by atoms with Crippen molar-refractivity contribution >= 4 is 23.6 Å². The van der Waals surface area contributed by atoms with Crippen LogP contribution in [-0.4, -0.2) is 60.3 Å². The van der Waals surface area contributed by atoms with Crippen molar-refractivity contribution in [3.8, 4) is 0 Å². The van der Waals surface area contributed by atoms with Crippen molar-refractivity contribution in [2.24, 2.45) is 0 Å². The lowest BCUT2D eigenvalue weighted by molar-refractivity contribution is 0.0664. The van der Waals surface area contributed by atoms with Crippen LogP contribution in [0, 0.1) is 0 Å². The van der Waals surface area contributed by atoms with Crippen LogP contribution in [-0.2, 0) is 0 Å². The molecule has 5 heteroatoms. The molecule has 1 aromatic rings. The Morgan fingerprint density at radius 1 is 1.05 bits per heavy atom. The molecule has 0 radical (unpaired) electrons. The van der Waals surface area contributed by atoms with Crippen LogP contribution in [0.1, 0.15) is 20.7 Å². The van der Waals surface area contributed by atoms with Crippen molar-refractivity contribution in [2.45, 2.75) is 0 Å². The number of carbonyl (C=O) groups is 2. The number of rotatable bonds is 6. The molecule has 0 unspecified atom stereocenters. The second kappa shape index (κ2) is 6.21. The molecule has 0 saturated heterocycles. The van der Waals surface area contributed by atoms with Gasteiger partial charge in [0.05, 0.1) is 11.1 Å². The Kier molecular flexibility index (Phi) is 4.61. The summed E-state index contributed by atoms with van der Waals surface area (Å²) in [5.74, 6) is 1.48. The van der Waals surface area contributed by atoms with Gasteiger partial charge in [-0.15, -0.1) is 0 Å². The number of fused-ring (bicyclic) bond motifs is 1. The third-order valence-electron chi connectivity index (χ3n) is 3.02. The van der Waals surface area contributed by atoms with Crippen LogP contribution in [0.15, 0.2) is 24.3 Å². The van der Waals surface area contributed by atoms with E-state index in [-0.39, 0.29) is 11.8 Å². The van der Waals surface area contributed by atoms with Crippen LogP contribution in [0.2, 0.25) is 0 Å². The van der Waals surface area contributed by atoms with Crippen molar-refractivity contribution in [1.82, 2.24) is 9.80 Å². The molecule has 0 aromatic heterocycles. The summed E-state index contributed by atoms with van der Waals surface area (Å²) in [5.41, 5.74) is 1.07. The lowest BCUT2D eigenvalue weighted by atomic mass is 10.1. The first-order valence-electron chi connectivity index (χ1n) is 6.29. The molecule has 0 spiro atoms. The van der Waals surface area contributed by atoms with Gasteiger partial charge in [0.25, 0.3) is 11.8 Å². The maximum Gasteiger partial charge on any atom is 0.261 e. The van der Waals surface area contributed by atoms with E-state index < -0.39 is 0 Å². The second-order valence-electron chi connectivity index (χ2n) is 4.72. The van der Waals surface area contributed by atoms with Crippen LogP contribution in [0.4, 0.5) is 0 Å². The summed E-state index contributed by atoms with van der Waals surface area (Å²) in [6, 6.07) is 7.02. The van der Waals surface area contributed by atoms with E-state index in [1.54, 1.807) is 36.0 Å². The minimum atomic E-state index is -0.159. The van der Waals surface area contributed by atoms with Gasteiger partial charge >= 0.3 is 0 Å². The fourth-order valence-corrected chi connectivity index (χ4v) is 2.96. The standard InChI is InChI=1S/C14H18N2O2S/c1-15(2)7-9-19-10-8-16-13(17)11-5-3-4-6-12(11)14(16)18/h3-6H,7-10H2,1-2H3. The molecule has 2 amide bonds. The molecule has 19 heavy (non-hydrogen) atoms. The highest BCUT2D eigenvalue weighted by Gasteiger charge is 2.34. The summed E-state index contributed by atoms with van der Waals surface area (Å²) in [6.45, 7) is 1.50. The summed E-state index contributed by atoms with van der Waals surface area (Å²) in [5, 5.41) is 0. The van der Waals surface area contributed by atoms with E-state index in [1.807, 2.05) is 14.1 Å². The molecule has 0 atom stereocenters. The van der Waals surface area contributed by atoms with E-state index in [2.05, 4.69) is 4.90 Å². The molecule has 102 valence electrons. The van der Waals surface area contributed by atoms with Crippen molar-refractivity contribution < 1.29 is 9.59 Å². The Bertz CT molecular complexity index is 453. The zero-order valence-corrected chi connectivity index (χ0v) is 12.1. The first kappa shape index (κ1) is 14.1. The van der Waals surface area contributed by atoms with Gasteiger partial charge in [-0.05, 0) is 26.2 Å². The van der Waals surface area contributed by atoms with E-state index in [9.17, 15) is 9.59 Å². The lowest BCUT2D eigenvalue weighted by Gasteiger charge is -2.14. The Morgan fingerprint density at radius 2 is 1.63 bits per heavy atom. The molecule has 0 N–H and O–H groups in total. The molecule has 0 saturated carbocycles. The minimum Gasteiger partial charge on any atom is -0.309 e. The number of carbonyl (C=O) groups excluding carboxylic acids is 2. The molecule has 0 fully saturated rings. The zero-order valence-electron chi connectivity index (χ0n) is 11.3. The number of hydrogen-bond acceptors (Lipinski definition) is 4. The largest absolute Gasteiger partial charge is 0.309 e. The van der Waals surface area contributed by atoms with Gasteiger partial charge in [0.2, 0.25) is 0 Å². The maximum atomic E-state index is 12.1. The van der Waals surface area contributed by atoms with Gasteiger partial charge in [-0.3, -0.25) is 14.5 Å². The van der Waals surface area contributed by atoms with Gasteiger partial charge in [0.1, 0.15) is 0 Å². The third kappa shape index (κ3) is 3.16. The number of imide groups is 1. The Morgan fingerprint density at radius 3 is 2.16 bits per heavy atom. The highest BCUT2D eigenvalue weighted by Crippen LogP contribution is 2.22. The van der Waals surface area contributed by atoms with Gasteiger partial charge in [-0.25, -0.2) is 0 Å². The van der Waals surface area contributed by atoms with Crippen LogP contribution in [0.25, 0.3) is 0 Å². The molecule has 0 bridgehead atoms. The van der Waals surface area contributed by atoms with Crippen LogP contribution < -0.4 is 0 Å². The van der Waals surface area contributed by atoms with Gasteiger partial charge in [-0.1, -0.05) is 12.1 Å². The average Bonchev–Trinajstić information content (AvgIpc) is 2.63. The van der Waals surface area contributed by atoms with Crippen molar-refractivity contribution in [1.29, 1.82) is 0 Å². The Labute approximate surface area is 117 Å². The SMILES string of the molecule is CN(C)CCSCCN1C(=O)c2ccccc2C1=O. The van der Waals surface area contributed by atoms with Gasteiger partial charge < -0.3 is 4.90 Å². The smallest absolute Gasteiger partial charge is 0.261 e. The predicted molar refractivity (Wildman–Crippen MR) is 77.7 cm³/mol. The molecule has 0 aliphatic carbocycles. The molecular formula is C14H18N2O2S. The van der Waals surface area contributed by atoms with E-state index in [0.29, 0.717) is 17.7 Å². The van der Waals surface area contributed by atoms with Crippen LogP contribution >= 0.6 is 11.8 Å². The molecule has 4 nitrogen and oxygen atoms in total. The first-order chi connectivity index (χ1) is 9.11. The lowest BCUT2D eigenvalue weighted by Crippen LogP contribution is -2.32. The van der Waals surface area contributed by atoms with E-state index in [0.717, 1.165) is 18.1 Å². The summed E-state index contributed by atoms with van der Waals surface area (Å²) in [7, 11) is 4.06. The molecule has 1 aromatic carbocycles. The fourth-order valence-electron chi connectivity index (χ4n) is 1.95. The van der Waals surface area contributed by atoms with Crippen LogP contribution in [0.5, 0.6) is 0 Å². The monoisotopic (exact) mass is 278 g/mol.